The van der Waals surface area contributed by atoms with Crippen LogP contribution in [0.3, 0.4) is 0 Å². The molecule has 0 amide bonds. The Bertz CT molecular complexity index is 573. The van der Waals surface area contributed by atoms with Gasteiger partial charge in [-0.25, -0.2) is 8.42 Å². The zero-order valence-electron chi connectivity index (χ0n) is 9.87. The molecule has 0 spiro atoms. The van der Waals surface area contributed by atoms with Crippen molar-refractivity contribution in [1.29, 1.82) is 0 Å². The van der Waals surface area contributed by atoms with E-state index in [-0.39, 0.29) is 5.69 Å². The summed E-state index contributed by atoms with van der Waals surface area (Å²) in [6.45, 7) is 0. The molecule has 0 aliphatic heterocycles. The van der Waals surface area contributed by atoms with Gasteiger partial charge >= 0.3 is 6.18 Å². The van der Waals surface area contributed by atoms with Crippen molar-refractivity contribution < 1.29 is 21.6 Å². The lowest BCUT2D eigenvalue weighted by Crippen LogP contribution is -2.18. The third-order valence-corrected chi connectivity index (χ3v) is 3.55. The Kier molecular flexibility index (Phi) is 4.84. The van der Waals surface area contributed by atoms with Crippen molar-refractivity contribution in [3.8, 4) is 12.3 Å². The second-order valence-electron chi connectivity index (χ2n) is 3.86. The van der Waals surface area contributed by atoms with Crippen LogP contribution in [0.25, 0.3) is 0 Å². The minimum atomic E-state index is -4.35. The smallest absolute Gasteiger partial charge is 0.284 e. The molecule has 19 heavy (non-hydrogen) atoms. The number of hydrogen-bond donors (Lipinski definition) is 1. The predicted octanol–water partition coefficient (Wildman–Crippen LogP) is 2.75. The zero-order chi connectivity index (χ0) is 14.5. The van der Waals surface area contributed by atoms with Crippen LogP contribution in [-0.4, -0.2) is 20.3 Å². The minimum Gasteiger partial charge on any atom is -0.284 e. The zero-order valence-corrected chi connectivity index (χ0v) is 10.7. The minimum absolute atomic E-state index is 0.238. The monoisotopic (exact) mass is 291 g/mol. The van der Waals surface area contributed by atoms with Crippen molar-refractivity contribution in [1.82, 2.24) is 0 Å². The Morgan fingerprint density at radius 1 is 1.32 bits per heavy atom. The molecule has 0 bridgehead atoms. The summed E-state index contributed by atoms with van der Waals surface area (Å²) in [5.41, 5.74) is 0.720. The molecule has 1 aromatic rings. The van der Waals surface area contributed by atoms with E-state index in [0.717, 1.165) is 0 Å². The van der Waals surface area contributed by atoms with Gasteiger partial charge < -0.3 is 0 Å². The van der Waals surface area contributed by atoms with E-state index in [2.05, 4.69) is 10.6 Å². The number of terminal acetylenes is 1. The molecule has 104 valence electrons. The molecule has 3 nitrogen and oxygen atoms in total. The van der Waals surface area contributed by atoms with Crippen LogP contribution in [0.2, 0.25) is 0 Å². The molecule has 0 saturated carbocycles. The van der Waals surface area contributed by atoms with E-state index in [9.17, 15) is 21.6 Å². The Morgan fingerprint density at radius 2 is 2.00 bits per heavy atom. The van der Waals surface area contributed by atoms with Gasteiger partial charge in [-0.1, -0.05) is 12.0 Å². The fourth-order valence-electron chi connectivity index (χ4n) is 1.37. The Labute approximate surface area is 109 Å². The maximum Gasteiger partial charge on any atom is 0.389 e. The first-order valence-corrected chi connectivity index (χ1v) is 7.01. The number of nitrogens with one attached hydrogen (secondary N) is 1. The molecule has 0 atom stereocenters. The summed E-state index contributed by atoms with van der Waals surface area (Å²) in [6, 6.07) is 6.08. The number of anilines is 1. The summed E-state index contributed by atoms with van der Waals surface area (Å²) >= 11 is 0. The van der Waals surface area contributed by atoms with Crippen molar-refractivity contribution in [2.24, 2.45) is 0 Å². The van der Waals surface area contributed by atoms with Crippen LogP contribution in [0.4, 0.5) is 18.9 Å². The molecule has 1 N–H and O–H groups in total. The van der Waals surface area contributed by atoms with Crippen LogP contribution in [0, 0.1) is 12.3 Å². The van der Waals surface area contributed by atoms with Gasteiger partial charge in [-0.3, -0.25) is 4.72 Å². The number of benzene rings is 1. The number of hydrogen-bond acceptors (Lipinski definition) is 2. The van der Waals surface area contributed by atoms with Gasteiger partial charge in [-0.05, 0) is 24.6 Å². The SMILES string of the molecule is C#Cc1cccc(NS(=O)(=O)CCCC(F)(F)F)c1. The summed E-state index contributed by atoms with van der Waals surface area (Å²) < 4.78 is 61.1. The standard InChI is InChI=1S/C12H12F3NO2S/c1-2-10-5-3-6-11(9-10)16-19(17,18)8-4-7-12(13,14)15/h1,3,5-6,9,16H,4,7-8H2. The fraction of sp³-hybridized carbons (Fsp3) is 0.333. The molecule has 0 aliphatic rings. The summed E-state index contributed by atoms with van der Waals surface area (Å²) in [7, 11) is -3.80. The molecule has 7 heteroatoms. The van der Waals surface area contributed by atoms with E-state index in [1.165, 1.54) is 12.1 Å². The Balaban J connectivity index is 2.62. The van der Waals surface area contributed by atoms with E-state index in [1.807, 2.05) is 0 Å². The molecule has 0 saturated heterocycles. The Hall–Kier alpha value is -1.68. The van der Waals surface area contributed by atoms with E-state index in [0.29, 0.717) is 5.56 Å². The second kappa shape index (κ2) is 5.97. The molecule has 0 unspecified atom stereocenters. The van der Waals surface area contributed by atoms with Gasteiger partial charge in [-0.2, -0.15) is 13.2 Å². The van der Waals surface area contributed by atoms with Crippen LogP contribution in [0.5, 0.6) is 0 Å². The fourth-order valence-corrected chi connectivity index (χ4v) is 2.48. The van der Waals surface area contributed by atoms with E-state index in [1.54, 1.807) is 12.1 Å². The van der Waals surface area contributed by atoms with Crippen LogP contribution >= 0.6 is 0 Å². The highest BCUT2D eigenvalue weighted by Gasteiger charge is 2.27. The van der Waals surface area contributed by atoms with Gasteiger partial charge in [0.15, 0.2) is 0 Å². The topological polar surface area (TPSA) is 46.2 Å². The lowest BCUT2D eigenvalue weighted by Gasteiger charge is -2.09. The van der Waals surface area contributed by atoms with Crippen LogP contribution in [-0.2, 0) is 10.0 Å². The average Bonchev–Trinajstić information content (AvgIpc) is 2.26. The first-order chi connectivity index (χ1) is 8.72. The number of sulfonamides is 1. The molecule has 0 fully saturated rings. The second-order valence-corrected chi connectivity index (χ2v) is 5.71. The van der Waals surface area contributed by atoms with E-state index < -0.39 is 34.8 Å². The van der Waals surface area contributed by atoms with Crippen molar-refractivity contribution in [2.45, 2.75) is 19.0 Å². The normalized spacial score (nSPS) is 11.9. The maximum atomic E-state index is 11.9. The predicted molar refractivity (Wildman–Crippen MR) is 67.1 cm³/mol. The lowest BCUT2D eigenvalue weighted by atomic mass is 10.2. The molecule has 0 radical (unpaired) electrons. The average molecular weight is 291 g/mol. The first kappa shape index (κ1) is 15.4. The molecule has 1 rings (SSSR count). The van der Waals surface area contributed by atoms with Gasteiger partial charge in [0.1, 0.15) is 0 Å². The van der Waals surface area contributed by atoms with Crippen molar-refractivity contribution in [3.63, 3.8) is 0 Å². The van der Waals surface area contributed by atoms with E-state index >= 15 is 0 Å². The van der Waals surface area contributed by atoms with E-state index in [4.69, 9.17) is 6.42 Å². The van der Waals surface area contributed by atoms with Gasteiger partial charge in [0.25, 0.3) is 0 Å². The molecule has 0 heterocycles. The Morgan fingerprint density at radius 3 is 2.58 bits per heavy atom. The quantitative estimate of drug-likeness (QED) is 0.848. The highest BCUT2D eigenvalue weighted by atomic mass is 32.2. The van der Waals surface area contributed by atoms with Crippen LogP contribution in [0.15, 0.2) is 24.3 Å². The largest absolute Gasteiger partial charge is 0.389 e. The van der Waals surface area contributed by atoms with Crippen LogP contribution in [0.1, 0.15) is 18.4 Å². The van der Waals surface area contributed by atoms with Crippen LogP contribution < -0.4 is 4.72 Å². The molecular weight excluding hydrogens is 279 g/mol. The summed E-state index contributed by atoms with van der Waals surface area (Å²) in [5.74, 6) is 1.74. The van der Waals surface area contributed by atoms with Gasteiger partial charge in [-0.15, -0.1) is 6.42 Å². The van der Waals surface area contributed by atoms with Crippen molar-refractivity contribution in [2.75, 3.05) is 10.5 Å². The summed E-state index contributed by atoms with van der Waals surface area (Å²) in [6.07, 6.45) is -0.795. The molecule has 0 aromatic heterocycles. The number of rotatable bonds is 5. The van der Waals surface area contributed by atoms with Gasteiger partial charge in [0.05, 0.1) is 5.75 Å². The van der Waals surface area contributed by atoms with Gasteiger partial charge in [0.2, 0.25) is 10.0 Å². The highest BCUT2D eigenvalue weighted by Crippen LogP contribution is 2.22. The highest BCUT2D eigenvalue weighted by molar-refractivity contribution is 7.92. The molecule has 1 aromatic carbocycles. The van der Waals surface area contributed by atoms with Gasteiger partial charge in [0, 0.05) is 17.7 Å². The lowest BCUT2D eigenvalue weighted by molar-refractivity contribution is -0.134. The number of alkyl halides is 3. The molecular formula is C12H12F3NO2S. The maximum absolute atomic E-state index is 11.9. The van der Waals surface area contributed by atoms with Crippen molar-refractivity contribution in [3.05, 3.63) is 29.8 Å². The molecule has 0 aliphatic carbocycles. The first-order valence-electron chi connectivity index (χ1n) is 5.36. The summed E-state index contributed by atoms with van der Waals surface area (Å²) in [4.78, 5) is 0. The third kappa shape index (κ3) is 6.15. The van der Waals surface area contributed by atoms with Crippen molar-refractivity contribution >= 4 is 15.7 Å². The third-order valence-electron chi connectivity index (χ3n) is 2.18. The summed E-state index contributed by atoms with van der Waals surface area (Å²) in [5, 5.41) is 0. The number of halogens is 3.